The van der Waals surface area contributed by atoms with Gasteiger partial charge in [-0.1, -0.05) is 6.58 Å². The summed E-state index contributed by atoms with van der Waals surface area (Å²) in [5, 5.41) is 0. The van der Waals surface area contributed by atoms with Gasteiger partial charge in [0.15, 0.2) is 5.78 Å². The first kappa shape index (κ1) is 22.4. The van der Waals surface area contributed by atoms with E-state index in [-0.39, 0.29) is 5.78 Å². The van der Waals surface area contributed by atoms with Crippen molar-refractivity contribution >= 4 is 14.6 Å². The van der Waals surface area contributed by atoms with E-state index in [2.05, 4.69) is 6.58 Å². The number of ketones is 1. The summed E-state index contributed by atoms with van der Waals surface area (Å²) in [7, 11) is 1.90. The van der Waals surface area contributed by atoms with E-state index in [4.69, 9.17) is 27.5 Å². The second kappa shape index (κ2) is 14.9. The minimum atomic E-state index is -2.91. The van der Waals surface area contributed by atoms with Gasteiger partial charge >= 0.3 is 8.80 Å². The van der Waals surface area contributed by atoms with Crippen LogP contribution in [0.25, 0.3) is 0 Å². The molecule has 7 nitrogen and oxygen atoms in total. The maximum atomic E-state index is 11.4. The normalized spacial score (nSPS) is 11.6. The Hall–Kier alpha value is -0.613. The standard InChI is InChI=1S/C15H30O7Si/c1-5-15(16)7-6-14-23(20-11-8-17-2,21-12-9-18-3)22-13-10-19-4/h5H,1,6-14H2,2-4H3. The molecule has 0 fully saturated rings. The summed E-state index contributed by atoms with van der Waals surface area (Å²) in [5.74, 6) is -0.00132. The van der Waals surface area contributed by atoms with E-state index < -0.39 is 8.80 Å². The van der Waals surface area contributed by atoms with Crippen LogP contribution in [0.1, 0.15) is 12.8 Å². The Morgan fingerprint density at radius 2 is 1.30 bits per heavy atom. The van der Waals surface area contributed by atoms with Gasteiger partial charge in [0.1, 0.15) is 0 Å². The molecule has 0 N–H and O–H groups in total. The van der Waals surface area contributed by atoms with Crippen LogP contribution >= 0.6 is 0 Å². The Morgan fingerprint density at radius 3 is 1.65 bits per heavy atom. The molecule has 0 bridgehead atoms. The van der Waals surface area contributed by atoms with Crippen LogP contribution in [0, 0.1) is 0 Å². The first-order valence-electron chi connectivity index (χ1n) is 7.68. The van der Waals surface area contributed by atoms with Crippen molar-refractivity contribution < 1.29 is 32.3 Å². The quantitative estimate of drug-likeness (QED) is 0.223. The molecule has 0 heterocycles. The molecular formula is C15H30O7Si. The summed E-state index contributed by atoms with van der Waals surface area (Å²) < 4.78 is 32.8. The Labute approximate surface area is 140 Å². The summed E-state index contributed by atoms with van der Waals surface area (Å²) in [5.41, 5.74) is 0. The largest absolute Gasteiger partial charge is 0.501 e. The molecule has 0 aromatic heterocycles. The predicted molar refractivity (Wildman–Crippen MR) is 88.5 cm³/mol. The molecule has 0 unspecified atom stereocenters. The fraction of sp³-hybridized carbons (Fsp3) is 0.800. The molecule has 0 amide bonds. The Morgan fingerprint density at radius 1 is 0.870 bits per heavy atom. The average molecular weight is 350 g/mol. The third-order valence-corrected chi connectivity index (χ3v) is 5.86. The van der Waals surface area contributed by atoms with Crippen molar-refractivity contribution in [3.8, 4) is 0 Å². The SMILES string of the molecule is C=CC(=O)CCC[Si](OCCOC)(OCCOC)OCCOC. The number of hydrogen-bond acceptors (Lipinski definition) is 7. The van der Waals surface area contributed by atoms with Crippen molar-refractivity contribution in [3.05, 3.63) is 12.7 Å². The van der Waals surface area contributed by atoms with Gasteiger partial charge in [-0.3, -0.25) is 4.79 Å². The molecule has 0 aromatic rings. The molecule has 0 aliphatic carbocycles. The Bertz CT molecular complexity index is 286. The van der Waals surface area contributed by atoms with E-state index in [1.807, 2.05) is 0 Å². The maximum Gasteiger partial charge on any atom is 0.501 e. The van der Waals surface area contributed by atoms with E-state index in [1.54, 1.807) is 21.3 Å². The van der Waals surface area contributed by atoms with Crippen LogP contribution in [0.15, 0.2) is 12.7 Å². The number of carbonyl (C=O) groups excluding carboxylic acids is 1. The highest BCUT2D eigenvalue weighted by atomic mass is 28.4. The topological polar surface area (TPSA) is 72.5 Å². The smallest absolute Gasteiger partial charge is 0.382 e. The number of hydrogen-bond donors (Lipinski definition) is 0. The van der Waals surface area contributed by atoms with E-state index >= 15 is 0 Å². The van der Waals surface area contributed by atoms with Gasteiger partial charge < -0.3 is 27.5 Å². The molecule has 23 heavy (non-hydrogen) atoms. The zero-order valence-corrected chi connectivity index (χ0v) is 15.5. The molecule has 0 aliphatic heterocycles. The lowest BCUT2D eigenvalue weighted by atomic mass is 10.2. The fourth-order valence-electron chi connectivity index (χ4n) is 1.76. The minimum Gasteiger partial charge on any atom is -0.382 e. The van der Waals surface area contributed by atoms with Crippen LogP contribution in [-0.2, 0) is 32.3 Å². The summed E-state index contributed by atoms with van der Waals surface area (Å²) in [4.78, 5) is 11.4. The first-order chi connectivity index (χ1) is 11.1. The van der Waals surface area contributed by atoms with Crippen molar-refractivity contribution in [1.29, 1.82) is 0 Å². The monoisotopic (exact) mass is 350 g/mol. The summed E-state index contributed by atoms with van der Waals surface area (Å²) in [6.45, 7) is 5.93. The molecule has 8 heteroatoms. The van der Waals surface area contributed by atoms with Gasteiger partial charge in [0.05, 0.1) is 39.6 Å². The molecule has 0 saturated heterocycles. The highest BCUT2D eigenvalue weighted by molar-refractivity contribution is 6.60. The zero-order valence-electron chi connectivity index (χ0n) is 14.5. The number of methoxy groups -OCH3 is 3. The average Bonchev–Trinajstić information content (AvgIpc) is 2.55. The summed E-state index contributed by atoms with van der Waals surface area (Å²) in [6, 6.07) is 0.545. The predicted octanol–water partition coefficient (Wildman–Crippen LogP) is 1.45. The Kier molecular flexibility index (Phi) is 14.5. The molecule has 0 saturated carbocycles. The lowest BCUT2D eigenvalue weighted by Crippen LogP contribution is -2.48. The number of rotatable bonds is 17. The number of ether oxygens (including phenoxy) is 3. The van der Waals surface area contributed by atoms with Crippen LogP contribution < -0.4 is 0 Å². The fourth-order valence-corrected chi connectivity index (χ4v) is 4.24. The van der Waals surface area contributed by atoms with Crippen LogP contribution in [0.3, 0.4) is 0 Å². The zero-order chi connectivity index (χ0) is 17.4. The van der Waals surface area contributed by atoms with Crippen molar-refractivity contribution in [2.75, 3.05) is 61.0 Å². The van der Waals surface area contributed by atoms with E-state index in [0.717, 1.165) is 0 Å². The molecule has 0 spiro atoms. The molecule has 136 valence electrons. The van der Waals surface area contributed by atoms with Gasteiger partial charge in [0, 0.05) is 33.8 Å². The molecule has 0 aliphatic rings. The molecular weight excluding hydrogens is 320 g/mol. The van der Waals surface area contributed by atoms with E-state index in [1.165, 1.54) is 6.08 Å². The third-order valence-electron chi connectivity index (χ3n) is 2.96. The van der Waals surface area contributed by atoms with Gasteiger partial charge in [-0.15, -0.1) is 0 Å². The number of carbonyl (C=O) groups is 1. The lowest BCUT2D eigenvalue weighted by Gasteiger charge is -2.29. The van der Waals surface area contributed by atoms with E-state index in [9.17, 15) is 4.79 Å². The van der Waals surface area contributed by atoms with Crippen molar-refractivity contribution in [2.45, 2.75) is 18.9 Å². The molecule has 0 atom stereocenters. The summed E-state index contributed by atoms with van der Waals surface area (Å²) >= 11 is 0. The van der Waals surface area contributed by atoms with Gasteiger partial charge in [-0.05, 0) is 12.5 Å². The van der Waals surface area contributed by atoms with Crippen molar-refractivity contribution in [1.82, 2.24) is 0 Å². The van der Waals surface area contributed by atoms with Crippen molar-refractivity contribution in [2.24, 2.45) is 0 Å². The minimum absolute atomic E-state index is 0.00132. The lowest BCUT2D eigenvalue weighted by molar-refractivity contribution is -0.114. The third kappa shape index (κ3) is 11.5. The maximum absolute atomic E-state index is 11.4. The molecule has 0 rings (SSSR count). The second-order valence-corrected chi connectivity index (χ2v) is 7.46. The van der Waals surface area contributed by atoms with Crippen LogP contribution in [0.2, 0.25) is 6.04 Å². The molecule has 0 radical (unpaired) electrons. The van der Waals surface area contributed by atoms with Crippen LogP contribution in [0.5, 0.6) is 0 Å². The van der Waals surface area contributed by atoms with E-state index in [0.29, 0.717) is 58.5 Å². The van der Waals surface area contributed by atoms with Crippen LogP contribution in [-0.4, -0.2) is 75.6 Å². The molecule has 0 aromatic carbocycles. The Balaban J connectivity index is 4.70. The van der Waals surface area contributed by atoms with Crippen molar-refractivity contribution in [3.63, 3.8) is 0 Å². The highest BCUT2D eigenvalue weighted by Crippen LogP contribution is 2.19. The second-order valence-electron chi connectivity index (χ2n) is 4.73. The number of allylic oxidation sites excluding steroid dienone is 1. The van der Waals surface area contributed by atoms with Gasteiger partial charge in [0.2, 0.25) is 0 Å². The highest BCUT2D eigenvalue weighted by Gasteiger charge is 2.40. The summed E-state index contributed by atoms with van der Waals surface area (Å²) in [6.07, 6.45) is 2.34. The van der Waals surface area contributed by atoms with Gasteiger partial charge in [0.25, 0.3) is 0 Å². The first-order valence-corrected chi connectivity index (χ1v) is 9.61. The van der Waals surface area contributed by atoms with Crippen LogP contribution in [0.4, 0.5) is 0 Å². The van der Waals surface area contributed by atoms with Gasteiger partial charge in [-0.2, -0.15) is 0 Å². The van der Waals surface area contributed by atoms with Gasteiger partial charge in [-0.25, -0.2) is 0 Å².